The monoisotopic (exact) mass is 468 g/mol. The van der Waals surface area contributed by atoms with Gasteiger partial charge in [-0.3, -0.25) is 15.0 Å². The third-order valence-corrected chi connectivity index (χ3v) is 6.69. The molecule has 0 spiro atoms. The van der Waals surface area contributed by atoms with E-state index in [2.05, 4.69) is 10.5 Å². The number of aromatic hydroxyl groups is 1. The first-order chi connectivity index (χ1) is 13.8. The van der Waals surface area contributed by atoms with Gasteiger partial charge in [0.2, 0.25) is 0 Å². The highest BCUT2D eigenvalue weighted by molar-refractivity contribution is 7.16. The number of amides is 2. The molecule has 2 aromatic heterocycles. The molecule has 0 saturated heterocycles. The molecule has 0 aliphatic carbocycles. The van der Waals surface area contributed by atoms with Crippen LogP contribution in [0.5, 0.6) is 5.75 Å². The van der Waals surface area contributed by atoms with Gasteiger partial charge in [0, 0.05) is 5.38 Å². The highest BCUT2D eigenvalue weighted by atomic mass is 35.5. The lowest BCUT2D eigenvalue weighted by Crippen LogP contribution is -2.29. The highest BCUT2D eigenvalue weighted by Gasteiger charge is 2.17. The molecule has 0 atom stereocenters. The highest BCUT2D eigenvalue weighted by Crippen LogP contribution is 2.40. The molecule has 1 aromatic carbocycles. The Kier molecular flexibility index (Phi) is 6.56. The standard InChI is InChI=1S/C18H14Cl2N4O3S2/c1-8(23-24-18(27)14-5-4-13(29-14)17(26)22-21)10-7-28-16(15(10)25)9-2-3-11(19)12(20)6-9/h2-7,25H,21H2,1H3,(H,22,26)(H,24,27)/b23-8-. The molecule has 0 aliphatic rings. The molecule has 0 saturated carbocycles. The number of nitrogens with zero attached hydrogens (tertiary/aromatic N) is 1. The van der Waals surface area contributed by atoms with Crippen LogP contribution in [0.4, 0.5) is 0 Å². The number of hydrogen-bond acceptors (Lipinski definition) is 7. The Bertz CT molecular complexity index is 1120. The molecule has 0 unspecified atom stereocenters. The Morgan fingerprint density at radius 2 is 1.79 bits per heavy atom. The third kappa shape index (κ3) is 4.60. The number of thiophene rings is 2. The maximum Gasteiger partial charge on any atom is 0.281 e. The van der Waals surface area contributed by atoms with E-state index in [-0.39, 0.29) is 5.75 Å². The fraction of sp³-hybridized carbons (Fsp3) is 0.0556. The van der Waals surface area contributed by atoms with Crippen molar-refractivity contribution in [2.45, 2.75) is 6.92 Å². The predicted octanol–water partition coefficient (Wildman–Crippen LogP) is 4.25. The van der Waals surface area contributed by atoms with Crippen molar-refractivity contribution in [3.8, 4) is 16.2 Å². The number of rotatable bonds is 5. The zero-order valence-electron chi connectivity index (χ0n) is 14.8. The second kappa shape index (κ2) is 8.93. The van der Waals surface area contributed by atoms with E-state index in [9.17, 15) is 14.7 Å². The van der Waals surface area contributed by atoms with E-state index in [0.717, 1.165) is 11.3 Å². The summed E-state index contributed by atoms with van der Waals surface area (Å²) in [5.74, 6) is 4.14. The van der Waals surface area contributed by atoms with Crippen molar-refractivity contribution >= 4 is 63.4 Å². The van der Waals surface area contributed by atoms with E-state index in [1.807, 2.05) is 5.43 Å². The quantitative estimate of drug-likeness (QED) is 0.194. The fourth-order valence-corrected chi connectivity index (χ4v) is 4.45. The van der Waals surface area contributed by atoms with Crippen LogP contribution in [0.25, 0.3) is 10.4 Å². The van der Waals surface area contributed by atoms with Crippen molar-refractivity contribution in [2.75, 3.05) is 0 Å². The van der Waals surface area contributed by atoms with Crippen LogP contribution in [0.15, 0.2) is 40.8 Å². The van der Waals surface area contributed by atoms with Crippen LogP contribution in [-0.2, 0) is 0 Å². The lowest BCUT2D eigenvalue weighted by Gasteiger charge is -2.04. The van der Waals surface area contributed by atoms with Crippen molar-refractivity contribution in [1.82, 2.24) is 10.9 Å². The summed E-state index contributed by atoms with van der Waals surface area (Å²) in [6, 6.07) is 8.06. The molecule has 150 valence electrons. The molecule has 29 heavy (non-hydrogen) atoms. The number of hydrazone groups is 1. The van der Waals surface area contributed by atoms with Crippen LogP contribution in [0, 0.1) is 0 Å². The second-order valence-corrected chi connectivity index (χ2v) is 8.51. The Morgan fingerprint density at radius 3 is 2.45 bits per heavy atom. The maximum atomic E-state index is 12.2. The number of nitrogens with two attached hydrogens (primary N) is 1. The smallest absolute Gasteiger partial charge is 0.281 e. The average Bonchev–Trinajstić information content (AvgIpc) is 3.34. The Balaban J connectivity index is 1.77. The molecule has 11 heteroatoms. The molecule has 7 nitrogen and oxygen atoms in total. The summed E-state index contributed by atoms with van der Waals surface area (Å²) in [5, 5.41) is 17.2. The van der Waals surface area contributed by atoms with Crippen molar-refractivity contribution in [2.24, 2.45) is 10.9 Å². The summed E-state index contributed by atoms with van der Waals surface area (Å²) in [5.41, 5.74) is 6.02. The lowest BCUT2D eigenvalue weighted by molar-refractivity contribution is 0.0951. The van der Waals surface area contributed by atoms with Crippen molar-refractivity contribution in [3.63, 3.8) is 0 Å². The van der Waals surface area contributed by atoms with E-state index in [0.29, 0.717) is 41.5 Å². The Hall–Kier alpha value is -2.43. The number of carbonyl (C=O) groups excluding carboxylic acids is 2. The summed E-state index contributed by atoms with van der Waals surface area (Å²) in [7, 11) is 0. The third-order valence-electron chi connectivity index (χ3n) is 3.85. The average molecular weight is 469 g/mol. The summed E-state index contributed by atoms with van der Waals surface area (Å²) in [6.45, 7) is 1.66. The van der Waals surface area contributed by atoms with E-state index in [4.69, 9.17) is 29.0 Å². The summed E-state index contributed by atoms with van der Waals surface area (Å²) < 4.78 is 0. The van der Waals surface area contributed by atoms with Crippen molar-refractivity contribution in [1.29, 1.82) is 0 Å². The van der Waals surface area contributed by atoms with E-state index in [1.165, 1.54) is 23.5 Å². The van der Waals surface area contributed by atoms with E-state index < -0.39 is 11.8 Å². The van der Waals surface area contributed by atoms with Crippen molar-refractivity contribution in [3.05, 3.63) is 61.1 Å². The van der Waals surface area contributed by atoms with Gasteiger partial charge in [-0.2, -0.15) is 5.10 Å². The molecule has 2 amide bonds. The number of hydrogen-bond donors (Lipinski definition) is 4. The fourth-order valence-electron chi connectivity index (χ4n) is 2.35. The normalized spacial score (nSPS) is 11.4. The Labute approximate surface area is 183 Å². The summed E-state index contributed by atoms with van der Waals surface area (Å²) in [6.07, 6.45) is 0. The van der Waals surface area contributed by atoms with Gasteiger partial charge in [-0.1, -0.05) is 29.3 Å². The van der Waals surface area contributed by atoms with Gasteiger partial charge in [-0.05, 0) is 36.8 Å². The molecular weight excluding hydrogens is 455 g/mol. The number of halogens is 2. The maximum absolute atomic E-state index is 12.2. The molecule has 3 aromatic rings. The molecule has 0 bridgehead atoms. The van der Waals surface area contributed by atoms with E-state index >= 15 is 0 Å². The second-order valence-electron chi connectivity index (χ2n) is 5.73. The van der Waals surface area contributed by atoms with Crippen molar-refractivity contribution < 1.29 is 14.7 Å². The van der Waals surface area contributed by atoms with Gasteiger partial charge < -0.3 is 5.11 Å². The van der Waals surface area contributed by atoms with Crippen LogP contribution < -0.4 is 16.7 Å². The zero-order valence-corrected chi connectivity index (χ0v) is 18.0. The van der Waals surface area contributed by atoms with Gasteiger partial charge in [0.25, 0.3) is 11.8 Å². The van der Waals surface area contributed by atoms with E-state index in [1.54, 1.807) is 30.5 Å². The SMILES string of the molecule is C/C(=N/NC(=O)c1ccc(C(=O)NN)s1)c1csc(-c2ccc(Cl)c(Cl)c2)c1O. The molecule has 3 rings (SSSR count). The number of nitrogens with one attached hydrogen (secondary N) is 2. The molecule has 0 radical (unpaired) electrons. The van der Waals surface area contributed by atoms with Crippen LogP contribution in [-0.4, -0.2) is 22.6 Å². The lowest BCUT2D eigenvalue weighted by atomic mass is 10.1. The topological polar surface area (TPSA) is 117 Å². The Morgan fingerprint density at radius 1 is 1.10 bits per heavy atom. The number of hydrazine groups is 1. The zero-order chi connectivity index (χ0) is 21.1. The minimum absolute atomic E-state index is 0.0296. The summed E-state index contributed by atoms with van der Waals surface area (Å²) >= 11 is 14.3. The first-order valence-electron chi connectivity index (χ1n) is 8.03. The van der Waals surface area contributed by atoms with Gasteiger partial charge in [0.05, 0.1) is 36.0 Å². The van der Waals surface area contributed by atoms with Crippen LogP contribution in [0.3, 0.4) is 0 Å². The first-order valence-corrected chi connectivity index (χ1v) is 10.5. The first kappa shape index (κ1) is 21.3. The van der Waals surface area contributed by atoms with Gasteiger partial charge in [-0.25, -0.2) is 11.3 Å². The van der Waals surface area contributed by atoms with Crippen LogP contribution in [0.2, 0.25) is 10.0 Å². The number of nitrogen functional groups attached to an aromatic ring is 1. The largest absolute Gasteiger partial charge is 0.506 e. The van der Waals surface area contributed by atoms with Crippen LogP contribution >= 0.6 is 45.9 Å². The van der Waals surface area contributed by atoms with Gasteiger partial charge >= 0.3 is 0 Å². The molecule has 0 aliphatic heterocycles. The van der Waals surface area contributed by atoms with Gasteiger partial charge in [0.15, 0.2) is 0 Å². The molecular formula is C18H14Cl2N4O3S2. The minimum atomic E-state index is -0.482. The van der Waals surface area contributed by atoms with Crippen LogP contribution in [0.1, 0.15) is 31.8 Å². The van der Waals surface area contributed by atoms with Gasteiger partial charge in [-0.15, -0.1) is 22.7 Å². The summed E-state index contributed by atoms with van der Waals surface area (Å²) in [4.78, 5) is 24.9. The van der Waals surface area contributed by atoms with Gasteiger partial charge in [0.1, 0.15) is 5.75 Å². The number of benzene rings is 1. The molecule has 5 N–H and O–H groups in total. The predicted molar refractivity (Wildman–Crippen MR) is 117 cm³/mol. The minimum Gasteiger partial charge on any atom is -0.506 e. The number of carbonyl (C=O) groups is 2. The molecule has 2 heterocycles. The molecule has 0 fully saturated rings.